The summed E-state index contributed by atoms with van der Waals surface area (Å²) in [5.74, 6) is 0. The highest BCUT2D eigenvalue weighted by atomic mass is 32.2. The van der Waals surface area contributed by atoms with Crippen molar-refractivity contribution in [2.75, 3.05) is 13.1 Å². The fraction of sp³-hybridized carbons (Fsp3) is 0.324. The monoisotopic (exact) mass is 573 g/mol. The summed E-state index contributed by atoms with van der Waals surface area (Å²) in [6, 6.07) is 24.8. The summed E-state index contributed by atoms with van der Waals surface area (Å²) in [4.78, 5) is 1.24. The number of rotatable bonds is 5. The first-order valence-electron chi connectivity index (χ1n) is 14.0. The summed E-state index contributed by atoms with van der Waals surface area (Å²) in [6.07, 6.45) is 2.48. The molecule has 3 nitrogen and oxygen atoms in total. The third kappa shape index (κ3) is 5.75. The summed E-state index contributed by atoms with van der Waals surface area (Å²) in [7, 11) is 0. The molecule has 6 rings (SSSR count). The van der Waals surface area contributed by atoms with Crippen LogP contribution in [0, 0.1) is 5.41 Å². The molecular formula is C34H34F3N3S. The molecule has 1 aromatic heterocycles. The SMILES string of the molecule is CC(C)(C)c1ccc(SN2CCC3=Cc4c(cnn4-c4ccc(C(F)(F)F)cc4)CC3(Cc3ccccc3)C2)cc1. The Balaban J connectivity index is 1.30. The molecule has 4 aromatic rings. The summed E-state index contributed by atoms with van der Waals surface area (Å²) in [5.41, 5.74) is 6.15. The lowest BCUT2D eigenvalue weighted by atomic mass is 9.66. The van der Waals surface area contributed by atoms with Crippen molar-refractivity contribution >= 4 is 18.0 Å². The second kappa shape index (κ2) is 10.5. The van der Waals surface area contributed by atoms with E-state index in [1.807, 2.05) is 18.1 Å². The molecule has 41 heavy (non-hydrogen) atoms. The number of fused-ring (bicyclic) bond motifs is 2. The molecule has 0 radical (unpaired) electrons. The van der Waals surface area contributed by atoms with Crippen molar-refractivity contribution < 1.29 is 13.2 Å². The van der Waals surface area contributed by atoms with Gasteiger partial charge in [-0.15, -0.1) is 0 Å². The maximum Gasteiger partial charge on any atom is 0.416 e. The molecule has 2 heterocycles. The van der Waals surface area contributed by atoms with Crippen LogP contribution in [-0.4, -0.2) is 27.2 Å². The topological polar surface area (TPSA) is 21.1 Å². The van der Waals surface area contributed by atoms with Crippen molar-refractivity contribution in [2.45, 2.75) is 56.5 Å². The largest absolute Gasteiger partial charge is 0.416 e. The Bertz CT molecular complexity index is 1550. The van der Waals surface area contributed by atoms with Crippen LogP contribution in [0.15, 0.2) is 95.5 Å². The number of hydrogen-bond acceptors (Lipinski definition) is 3. The highest BCUT2D eigenvalue weighted by molar-refractivity contribution is 7.97. The number of benzene rings is 3. The van der Waals surface area contributed by atoms with E-state index in [9.17, 15) is 13.2 Å². The minimum absolute atomic E-state index is 0.0844. The zero-order valence-electron chi connectivity index (χ0n) is 23.6. The summed E-state index contributed by atoms with van der Waals surface area (Å²) in [5, 5.41) is 4.64. The first-order valence-corrected chi connectivity index (χ1v) is 14.8. The molecule has 0 saturated carbocycles. The van der Waals surface area contributed by atoms with Crippen LogP contribution in [0.25, 0.3) is 11.8 Å². The number of halogens is 3. The maximum absolute atomic E-state index is 13.1. The molecule has 1 atom stereocenters. The molecule has 0 bridgehead atoms. The van der Waals surface area contributed by atoms with Gasteiger partial charge in [0.2, 0.25) is 0 Å². The summed E-state index contributed by atoms with van der Waals surface area (Å²) >= 11 is 1.83. The highest BCUT2D eigenvalue weighted by Gasteiger charge is 2.43. The van der Waals surface area contributed by atoms with Gasteiger partial charge in [0.15, 0.2) is 0 Å². The predicted octanol–water partition coefficient (Wildman–Crippen LogP) is 8.77. The first kappa shape index (κ1) is 27.9. The molecule has 2 aliphatic rings. The molecule has 7 heteroatoms. The Kier molecular flexibility index (Phi) is 7.15. The molecule has 0 spiro atoms. The fourth-order valence-electron chi connectivity index (χ4n) is 6.09. The van der Waals surface area contributed by atoms with Gasteiger partial charge in [-0.3, -0.25) is 0 Å². The van der Waals surface area contributed by atoms with E-state index in [0.717, 1.165) is 55.7 Å². The molecule has 1 fully saturated rings. The smallest absolute Gasteiger partial charge is 0.245 e. The van der Waals surface area contributed by atoms with E-state index in [2.05, 4.69) is 90.8 Å². The van der Waals surface area contributed by atoms with Gasteiger partial charge in [-0.25, -0.2) is 8.99 Å². The minimum atomic E-state index is -4.36. The van der Waals surface area contributed by atoms with E-state index in [4.69, 9.17) is 0 Å². The Labute approximate surface area is 244 Å². The van der Waals surface area contributed by atoms with Crippen LogP contribution < -0.4 is 0 Å². The Morgan fingerprint density at radius 3 is 2.22 bits per heavy atom. The zero-order valence-corrected chi connectivity index (χ0v) is 24.4. The van der Waals surface area contributed by atoms with E-state index in [0.29, 0.717) is 5.69 Å². The van der Waals surface area contributed by atoms with Gasteiger partial charge in [0.25, 0.3) is 0 Å². The van der Waals surface area contributed by atoms with Crippen molar-refractivity contribution in [3.05, 3.63) is 119 Å². The van der Waals surface area contributed by atoms with Gasteiger partial charge in [0.1, 0.15) is 0 Å². The van der Waals surface area contributed by atoms with Crippen LogP contribution in [0.2, 0.25) is 0 Å². The van der Waals surface area contributed by atoms with Crippen LogP contribution in [0.4, 0.5) is 13.2 Å². The van der Waals surface area contributed by atoms with Crippen molar-refractivity contribution in [1.82, 2.24) is 14.1 Å². The van der Waals surface area contributed by atoms with Gasteiger partial charge in [-0.1, -0.05) is 68.8 Å². The van der Waals surface area contributed by atoms with E-state index in [1.54, 1.807) is 4.68 Å². The summed E-state index contributed by atoms with van der Waals surface area (Å²) in [6.45, 7) is 8.54. The molecule has 1 aliphatic carbocycles. The molecule has 0 N–H and O–H groups in total. The van der Waals surface area contributed by atoms with Gasteiger partial charge in [0, 0.05) is 23.4 Å². The van der Waals surface area contributed by atoms with Crippen molar-refractivity contribution in [3.8, 4) is 5.69 Å². The third-order valence-electron chi connectivity index (χ3n) is 8.30. The van der Waals surface area contributed by atoms with E-state index in [-0.39, 0.29) is 10.8 Å². The molecule has 1 unspecified atom stereocenters. The standard InChI is InChI=1S/C34H34F3N3S/c1-32(2,3)26-11-15-30(16-12-26)41-39-18-17-28-19-31-25(21-33(28,23-39)20-24-7-5-4-6-8-24)22-38-40(31)29-13-9-27(10-14-29)34(35,36)37/h4-16,19,22H,17-18,20-21,23H2,1-3H3. The molecular weight excluding hydrogens is 539 g/mol. The van der Waals surface area contributed by atoms with Crippen molar-refractivity contribution in [1.29, 1.82) is 0 Å². The number of alkyl halides is 3. The van der Waals surface area contributed by atoms with Crippen LogP contribution in [0.3, 0.4) is 0 Å². The van der Waals surface area contributed by atoms with Gasteiger partial charge in [-0.05, 0) is 95.8 Å². The normalized spacial score (nSPS) is 19.4. The lowest BCUT2D eigenvalue weighted by Crippen LogP contribution is -2.45. The van der Waals surface area contributed by atoms with Crippen LogP contribution in [0.5, 0.6) is 0 Å². The molecule has 1 aliphatic heterocycles. The number of nitrogens with zero attached hydrogens (tertiary/aromatic N) is 3. The third-order valence-corrected chi connectivity index (χ3v) is 9.35. The number of piperidine rings is 1. The Hall–Kier alpha value is -3.29. The van der Waals surface area contributed by atoms with E-state index >= 15 is 0 Å². The second-order valence-corrected chi connectivity index (χ2v) is 13.5. The predicted molar refractivity (Wildman–Crippen MR) is 160 cm³/mol. The maximum atomic E-state index is 13.1. The molecule has 3 aromatic carbocycles. The molecule has 212 valence electrons. The second-order valence-electron chi connectivity index (χ2n) is 12.3. The summed E-state index contributed by atoms with van der Waals surface area (Å²) < 4.78 is 43.7. The lowest BCUT2D eigenvalue weighted by Gasteiger charge is -2.46. The Morgan fingerprint density at radius 1 is 0.878 bits per heavy atom. The van der Waals surface area contributed by atoms with Gasteiger partial charge < -0.3 is 0 Å². The first-order chi connectivity index (χ1) is 19.5. The van der Waals surface area contributed by atoms with Crippen LogP contribution >= 0.6 is 11.9 Å². The average Bonchev–Trinajstić information content (AvgIpc) is 3.33. The van der Waals surface area contributed by atoms with Gasteiger partial charge in [0.05, 0.1) is 23.1 Å². The molecule has 1 saturated heterocycles. The number of hydrogen-bond donors (Lipinski definition) is 0. The average molecular weight is 574 g/mol. The van der Waals surface area contributed by atoms with Crippen molar-refractivity contribution in [3.63, 3.8) is 0 Å². The zero-order chi connectivity index (χ0) is 28.8. The van der Waals surface area contributed by atoms with Crippen molar-refractivity contribution in [2.24, 2.45) is 5.41 Å². The fourth-order valence-corrected chi connectivity index (χ4v) is 7.14. The van der Waals surface area contributed by atoms with E-state index < -0.39 is 11.7 Å². The van der Waals surface area contributed by atoms with E-state index in [1.165, 1.54) is 33.7 Å². The number of aromatic nitrogens is 2. The quantitative estimate of drug-likeness (QED) is 0.223. The minimum Gasteiger partial charge on any atom is -0.245 e. The molecule has 0 amide bonds. The van der Waals surface area contributed by atoms with Crippen LogP contribution in [0.1, 0.15) is 55.1 Å². The lowest BCUT2D eigenvalue weighted by molar-refractivity contribution is -0.137. The van der Waals surface area contributed by atoms with Gasteiger partial charge in [-0.2, -0.15) is 18.3 Å². The van der Waals surface area contributed by atoms with Crippen LogP contribution in [-0.2, 0) is 24.4 Å². The van der Waals surface area contributed by atoms with Gasteiger partial charge >= 0.3 is 6.18 Å². The Morgan fingerprint density at radius 2 is 1.56 bits per heavy atom. The highest BCUT2D eigenvalue weighted by Crippen LogP contribution is 2.48.